The van der Waals surface area contributed by atoms with E-state index < -0.39 is 5.91 Å². The Morgan fingerprint density at radius 1 is 1.24 bits per heavy atom. The van der Waals surface area contributed by atoms with Gasteiger partial charge in [-0.1, -0.05) is 25.9 Å². The van der Waals surface area contributed by atoms with Crippen LogP contribution >= 0.6 is 11.3 Å². The zero-order valence-corrected chi connectivity index (χ0v) is 15.8. The van der Waals surface area contributed by atoms with Gasteiger partial charge in [-0.2, -0.15) is 0 Å². The lowest BCUT2D eigenvalue weighted by atomic mass is 9.72. The lowest BCUT2D eigenvalue weighted by Crippen LogP contribution is -2.41. The number of nitrogens with one attached hydrogen (secondary N) is 2. The number of carbonyl (C=O) groups excluding carboxylic acids is 2. The normalized spacial score (nSPS) is 17.0. The van der Waals surface area contributed by atoms with E-state index in [1.165, 1.54) is 27.8 Å². The predicted octanol–water partition coefficient (Wildman–Crippen LogP) is 3.27. The molecule has 0 aromatic carbocycles. The molecule has 1 unspecified atom stereocenters. The highest BCUT2D eigenvalue weighted by molar-refractivity contribution is 7.14. The monoisotopic (exact) mass is 361 g/mol. The fourth-order valence-electron chi connectivity index (χ4n) is 3.09. The number of fused-ring (bicyclic) bond motifs is 1. The summed E-state index contributed by atoms with van der Waals surface area (Å²) in [6.07, 6.45) is 3.17. The minimum atomic E-state index is -0.501. The molecule has 2 amide bonds. The Balaban J connectivity index is 1.62. The van der Waals surface area contributed by atoms with Crippen LogP contribution in [-0.2, 0) is 12.8 Å². The van der Waals surface area contributed by atoms with Gasteiger partial charge in [-0.25, -0.2) is 0 Å². The van der Waals surface area contributed by atoms with Crippen molar-refractivity contribution in [3.05, 3.63) is 38.9 Å². The molecule has 2 aromatic heterocycles. The number of hydrogen-bond donors (Lipinski definition) is 2. The van der Waals surface area contributed by atoms with E-state index in [2.05, 4.69) is 36.8 Å². The summed E-state index contributed by atoms with van der Waals surface area (Å²) in [4.78, 5) is 26.1. The van der Waals surface area contributed by atoms with Crippen molar-refractivity contribution in [1.29, 1.82) is 0 Å². The Labute approximate surface area is 150 Å². The van der Waals surface area contributed by atoms with Gasteiger partial charge in [0.25, 0.3) is 11.8 Å². The highest BCUT2D eigenvalue weighted by Gasteiger charge is 2.30. The van der Waals surface area contributed by atoms with E-state index in [0.717, 1.165) is 19.3 Å². The Kier molecular flexibility index (Phi) is 4.69. The minimum absolute atomic E-state index is 0.135. The zero-order valence-electron chi connectivity index (χ0n) is 14.9. The molecular weight excluding hydrogens is 338 g/mol. The first-order chi connectivity index (χ1) is 11.7. The fourth-order valence-corrected chi connectivity index (χ4v) is 4.19. The molecule has 134 valence electrons. The number of carbonyl (C=O) groups is 2. The van der Waals surface area contributed by atoms with Crippen molar-refractivity contribution in [3.8, 4) is 0 Å². The summed E-state index contributed by atoms with van der Waals surface area (Å²) in [7, 11) is 0. The van der Waals surface area contributed by atoms with Crippen LogP contribution in [-0.4, -0.2) is 17.0 Å². The van der Waals surface area contributed by atoms with Crippen LogP contribution in [0.1, 0.15) is 63.6 Å². The van der Waals surface area contributed by atoms with Gasteiger partial charge in [-0.3, -0.25) is 20.4 Å². The smallest absolute Gasteiger partial charge is 0.291 e. The van der Waals surface area contributed by atoms with E-state index in [1.54, 1.807) is 6.92 Å². The molecule has 1 aliphatic rings. The minimum Gasteiger partial charge on any atom is -0.361 e. The summed E-state index contributed by atoms with van der Waals surface area (Å²) in [5.74, 6) is 0.357. The lowest BCUT2D eigenvalue weighted by Gasteiger charge is -2.33. The van der Waals surface area contributed by atoms with Crippen LogP contribution in [0.15, 0.2) is 16.7 Å². The van der Waals surface area contributed by atoms with Crippen LogP contribution < -0.4 is 10.9 Å². The van der Waals surface area contributed by atoms with Gasteiger partial charge in [0.1, 0.15) is 5.76 Å². The van der Waals surface area contributed by atoms with Crippen LogP contribution in [0.3, 0.4) is 0 Å². The molecule has 0 fully saturated rings. The molecule has 1 atom stereocenters. The van der Waals surface area contributed by atoms with Crippen molar-refractivity contribution >= 4 is 23.2 Å². The van der Waals surface area contributed by atoms with E-state index in [4.69, 9.17) is 4.52 Å². The summed E-state index contributed by atoms with van der Waals surface area (Å²) in [5, 5.41) is 3.61. The van der Waals surface area contributed by atoms with Crippen molar-refractivity contribution in [2.75, 3.05) is 0 Å². The Morgan fingerprint density at radius 3 is 2.60 bits per heavy atom. The number of nitrogens with zero attached hydrogens (tertiary/aromatic N) is 1. The first kappa shape index (κ1) is 17.7. The Hall–Kier alpha value is -2.15. The van der Waals surface area contributed by atoms with Gasteiger partial charge in [0.15, 0.2) is 5.69 Å². The highest BCUT2D eigenvalue weighted by atomic mass is 32.1. The van der Waals surface area contributed by atoms with E-state index in [1.807, 2.05) is 6.07 Å². The number of aromatic nitrogens is 1. The molecule has 0 radical (unpaired) electrons. The van der Waals surface area contributed by atoms with Gasteiger partial charge in [0.2, 0.25) is 0 Å². The Morgan fingerprint density at radius 2 is 1.96 bits per heavy atom. The molecule has 25 heavy (non-hydrogen) atoms. The molecular formula is C18H23N3O3S. The molecule has 2 N–H and O–H groups in total. The quantitative estimate of drug-likeness (QED) is 0.804. The van der Waals surface area contributed by atoms with Crippen LogP contribution in [0.2, 0.25) is 0 Å². The van der Waals surface area contributed by atoms with Gasteiger partial charge in [-0.15, -0.1) is 11.3 Å². The van der Waals surface area contributed by atoms with E-state index in [-0.39, 0.29) is 17.0 Å². The summed E-state index contributed by atoms with van der Waals surface area (Å²) in [5.41, 5.74) is 6.49. The number of hydrogen-bond acceptors (Lipinski definition) is 5. The maximum absolute atomic E-state index is 12.3. The van der Waals surface area contributed by atoms with Crippen molar-refractivity contribution < 1.29 is 14.1 Å². The second-order valence-electron chi connectivity index (χ2n) is 7.60. The maximum Gasteiger partial charge on any atom is 0.291 e. The van der Waals surface area contributed by atoms with Gasteiger partial charge in [-0.05, 0) is 49.1 Å². The van der Waals surface area contributed by atoms with Crippen LogP contribution in [0.25, 0.3) is 0 Å². The molecule has 3 rings (SSSR count). The molecule has 2 aromatic rings. The average molecular weight is 361 g/mol. The summed E-state index contributed by atoms with van der Waals surface area (Å²) < 4.78 is 4.85. The molecule has 2 heterocycles. The molecule has 0 saturated carbocycles. The largest absolute Gasteiger partial charge is 0.361 e. The van der Waals surface area contributed by atoms with Crippen LogP contribution in [0.4, 0.5) is 0 Å². The van der Waals surface area contributed by atoms with E-state index in [0.29, 0.717) is 16.6 Å². The van der Waals surface area contributed by atoms with Gasteiger partial charge >= 0.3 is 0 Å². The molecule has 0 aliphatic heterocycles. The molecule has 0 bridgehead atoms. The molecule has 0 saturated heterocycles. The summed E-state index contributed by atoms with van der Waals surface area (Å²) >= 11 is 1.51. The molecule has 6 nitrogen and oxygen atoms in total. The Bertz CT molecular complexity index is 801. The maximum atomic E-state index is 12.3. The third kappa shape index (κ3) is 3.92. The SMILES string of the molecule is Cc1cc(C(=O)NNC(=O)c2cc3c(s2)CCC(C(C)(C)C)C3)no1. The number of amides is 2. The zero-order chi connectivity index (χ0) is 18.2. The predicted molar refractivity (Wildman–Crippen MR) is 95.5 cm³/mol. The number of aryl methyl sites for hydroxylation is 2. The summed E-state index contributed by atoms with van der Waals surface area (Å²) in [6.45, 7) is 8.50. The topological polar surface area (TPSA) is 84.2 Å². The van der Waals surface area contributed by atoms with Gasteiger partial charge < -0.3 is 4.52 Å². The van der Waals surface area contributed by atoms with Crippen LogP contribution in [0, 0.1) is 18.3 Å². The highest BCUT2D eigenvalue weighted by Crippen LogP contribution is 2.40. The van der Waals surface area contributed by atoms with Gasteiger partial charge in [0, 0.05) is 10.9 Å². The van der Waals surface area contributed by atoms with Crippen molar-refractivity contribution in [1.82, 2.24) is 16.0 Å². The standard InChI is InChI=1S/C18H23N3O3S/c1-10-7-13(21-24-10)16(22)19-20-17(23)15-9-11-8-12(18(2,3)4)5-6-14(11)25-15/h7,9,12H,5-6,8H2,1-4H3,(H,19,22)(H,20,23). The average Bonchev–Trinajstić information content (AvgIpc) is 3.16. The number of rotatable bonds is 2. The third-order valence-electron chi connectivity index (χ3n) is 4.68. The second-order valence-corrected chi connectivity index (χ2v) is 8.73. The van der Waals surface area contributed by atoms with Crippen molar-refractivity contribution in [2.24, 2.45) is 11.3 Å². The van der Waals surface area contributed by atoms with Crippen LogP contribution in [0.5, 0.6) is 0 Å². The van der Waals surface area contributed by atoms with Crippen molar-refractivity contribution in [2.45, 2.75) is 47.0 Å². The molecule has 7 heteroatoms. The van der Waals surface area contributed by atoms with Crippen molar-refractivity contribution in [3.63, 3.8) is 0 Å². The molecule has 1 aliphatic carbocycles. The first-order valence-electron chi connectivity index (χ1n) is 8.39. The second kappa shape index (κ2) is 6.63. The van der Waals surface area contributed by atoms with E-state index >= 15 is 0 Å². The van der Waals surface area contributed by atoms with E-state index in [9.17, 15) is 9.59 Å². The fraction of sp³-hybridized carbons (Fsp3) is 0.500. The molecule has 0 spiro atoms. The third-order valence-corrected chi connectivity index (χ3v) is 5.92. The number of hydrazine groups is 1. The number of thiophene rings is 1. The first-order valence-corrected chi connectivity index (χ1v) is 9.21. The lowest BCUT2D eigenvalue weighted by molar-refractivity contribution is 0.0843. The summed E-state index contributed by atoms with van der Waals surface area (Å²) in [6, 6.07) is 3.47. The van der Waals surface area contributed by atoms with Gasteiger partial charge in [0.05, 0.1) is 4.88 Å².